The number of hydrogen-bond acceptors (Lipinski definition) is 5. The number of aliphatic hydroxyl groups is 2. The van der Waals surface area contributed by atoms with Gasteiger partial charge in [-0.15, -0.1) is 0 Å². The number of thioether (sulfide) groups is 1. The molecule has 16 heavy (non-hydrogen) atoms. The van der Waals surface area contributed by atoms with Gasteiger partial charge in [-0.1, -0.05) is 0 Å². The van der Waals surface area contributed by atoms with Crippen LogP contribution in [0.5, 0.6) is 0 Å². The highest BCUT2D eigenvalue weighted by Crippen LogP contribution is 2.00. The van der Waals surface area contributed by atoms with Crippen molar-refractivity contribution < 1.29 is 14.9 Å². The van der Waals surface area contributed by atoms with Gasteiger partial charge < -0.3 is 20.3 Å². The largest absolute Gasteiger partial charge is 0.396 e. The Kier molecular flexibility index (Phi) is 11.8. The Morgan fingerprint density at radius 3 is 2.69 bits per heavy atom. The van der Waals surface area contributed by atoms with Gasteiger partial charge in [-0.05, 0) is 26.0 Å². The molecular weight excluding hydrogens is 226 g/mol. The Hall–Kier alpha value is 0.190. The lowest BCUT2D eigenvalue weighted by molar-refractivity contribution is 0.00664. The first-order valence-electron chi connectivity index (χ1n) is 5.85. The van der Waals surface area contributed by atoms with E-state index in [0.29, 0.717) is 13.2 Å². The average molecular weight is 251 g/mol. The second-order valence-corrected chi connectivity index (χ2v) is 5.15. The summed E-state index contributed by atoms with van der Waals surface area (Å²) in [7, 11) is 0. The van der Waals surface area contributed by atoms with Gasteiger partial charge in [-0.3, -0.25) is 0 Å². The van der Waals surface area contributed by atoms with Gasteiger partial charge in [0.1, 0.15) is 0 Å². The lowest BCUT2D eigenvalue weighted by Crippen LogP contribution is -2.32. The molecular formula is C11H25NO3S. The molecule has 98 valence electrons. The summed E-state index contributed by atoms with van der Waals surface area (Å²) < 4.78 is 5.29. The molecule has 0 aliphatic rings. The van der Waals surface area contributed by atoms with Crippen LogP contribution in [0.3, 0.4) is 0 Å². The van der Waals surface area contributed by atoms with E-state index in [1.807, 2.05) is 25.6 Å². The molecule has 0 amide bonds. The Morgan fingerprint density at radius 1 is 1.31 bits per heavy atom. The average Bonchev–Trinajstić information content (AvgIpc) is 2.25. The molecule has 0 fully saturated rings. The molecule has 1 atom stereocenters. The topological polar surface area (TPSA) is 61.7 Å². The van der Waals surface area contributed by atoms with Crippen molar-refractivity contribution in [1.29, 1.82) is 0 Å². The predicted molar refractivity (Wildman–Crippen MR) is 69.0 cm³/mol. The number of nitrogens with one attached hydrogen (secondary N) is 1. The molecule has 0 radical (unpaired) electrons. The summed E-state index contributed by atoms with van der Waals surface area (Å²) in [6, 6.07) is 0. The summed E-state index contributed by atoms with van der Waals surface area (Å²) in [6.45, 7) is 6.03. The number of aliphatic hydroxyl groups excluding tert-OH is 2. The van der Waals surface area contributed by atoms with Crippen LogP contribution in [0.15, 0.2) is 0 Å². The van der Waals surface area contributed by atoms with Gasteiger partial charge in [0.2, 0.25) is 0 Å². The van der Waals surface area contributed by atoms with Crippen LogP contribution in [-0.2, 0) is 4.74 Å². The van der Waals surface area contributed by atoms with Gasteiger partial charge in [-0.2, -0.15) is 11.8 Å². The van der Waals surface area contributed by atoms with Gasteiger partial charge in [0.15, 0.2) is 0 Å². The van der Waals surface area contributed by atoms with Crippen molar-refractivity contribution in [2.75, 3.05) is 37.8 Å². The van der Waals surface area contributed by atoms with Crippen LogP contribution in [0, 0.1) is 0 Å². The fourth-order valence-corrected chi connectivity index (χ4v) is 1.87. The van der Waals surface area contributed by atoms with Gasteiger partial charge >= 0.3 is 0 Å². The first-order chi connectivity index (χ1) is 7.66. The Morgan fingerprint density at radius 2 is 2.06 bits per heavy atom. The van der Waals surface area contributed by atoms with Crippen molar-refractivity contribution in [3.8, 4) is 0 Å². The van der Waals surface area contributed by atoms with E-state index in [-0.39, 0.29) is 12.7 Å². The quantitative estimate of drug-likeness (QED) is 0.466. The Bertz CT molecular complexity index is 147. The molecule has 4 nitrogen and oxygen atoms in total. The molecule has 0 bridgehead atoms. The normalized spacial score (nSPS) is 13.3. The van der Waals surface area contributed by atoms with Crippen molar-refractivity contribution in [3.63, 3.8) is 0 Å². The molecule has 0 aromatic carbocycles. The third kappa shape index (κ3) is 12.3. The van der Waals surface area contributed by atoms with Crippen LogP contribution in [0.2, 0.25) is 0 Å². The molecule has 0 aliphatic heterocycles. The van der Waals surface area contributed by atoms with Crippen LogP contribution >= 0.6 is 11.8 Å². The molecule has 1 unspecified atom stereocenters. The minimum absolute atomic E-state index is 0.170. The minimum Gasteiger partial charge on any atom is -0.396 e. The van der Waals surface area contributed by atoms with E-state index < -0.39 is 6.10 Å². The van der Waals surface area contributed by atoms with Gasteiger partial charge in [0, 0.05) is 25.4 Å². The monoisotopic (exact) mass is 251 g/mol. The predicted octanol–water partition coefficient (Wildman–Crippen LogP) is 0.478. The highest BCUT2D eigenvalue weighted by molar-refractivity contribution is 7.99. The molecule has 0 spiro atoms. The zero-order valence-electron chi connectivity index (χ0n) is 10.3. The second-order valence-electron chi connectivity index (χ2n) is 3.93. The summed E-state index contributed by atoms with van der Waals surface area (Å²) in [5.74, 6) is 2.01. The van der Waals surface area contributed by atoms with Crippen LogP contribution in [0.4, 0.5) is 0 Å². The third-order valence-electron chi connectivity index (χ3n) is 1.87. The number of ether oxygens (including phenoxy) is 1. The van der Waals surface area contributed by atoms with Gasteiger partial charge in [-0.25, -0.2) is 0 Å². The molecule has 3 N–H and O–H groups in total. The van der Waals surface area contributed by atoms with Crippen molar-refractivity contribution in [1.82, 2.24) is 5.32 Å². The third-order valence-corrected chi connectivity index (χ3v) is 2.94. The summed E-state index contributed by atoms with van der Waals surface area (Å²) in [6.07, 6.45) is 0.601. The highest BCUT2D eigenvalue weighted by atomic mass is 32.2. The van der Waals surface area contributed by atoms with E-state index in [1.165, 1.54) is 0 Å². The maximum atomic E-state index is 9.51. The summed E-state index contributed by atoms with van der Waals surface area (Å²) in [5, 5.41) is 21.3. The molecule has 0 aromatic rings. The van der Waals surface area contributed by atoms with Gasteiger partial charge in [0.25, 0.3) is 0 Å². The second kappa shape index (κ2) is 11.7. The zero-order chi connectivity index (χ0) is 12.2. The van der Waals surface area contributed by atoms with Crippen LogP contribution < -0.4 is 5.32 Å². The number of hydrogen-bond donors (Lipinski definition) is 3. The van der Waals surface area contributed by atoms with Crippen molar-refractivity contribution in [3.05, 3.63) is 0 Å². The molecule has 0 rings (SSSR count). The first kappa shape index (κ1) is 16.2. The molecule has 0 heterocycles. The summed E-state index contributed by atoms with van der Waals surface area (Å²) >= 11 is 1.81. The van der Waals surface area contributed by atoms with Crippen LogP contribution in [-0.4, -0.2) is 60.2 Å². The zero-order valence-corrected chi connectivity index (χ0v) is 11.1. The van der Waals surface area contributed by atoms with E-state index in [2.05, 4.69) is 5.32 Å². The lowest BCUT2D eigenvalue weighted by Gasteiger charge is -2.14. The summed E-state index contributed by atoms with van der Waals surface area (Å²) in [5.41, 5.74) is 0. The molecule has 0 aliphatic carbocycles. The standard InChI is InChI=1S/C11H25NO3S/c1-10(2)15-9-11(14)8-12-4-7-16-6-3-5-13/h10-14H,3-9H2,1-2H3. The van der Waals surface area contributed by atoms with Crippen molar-refractivity contribution >= 4 is 11.8 Å². The van der Waals surface area contributed by atoms with Crippen LogP contribution in [0.1, 0.15) is 20.3 Å². The van der Waals surface area contributed by atoms with Gasteiger partial charge in [0.05, 0.1) is 18.8 Å². The summed E-state index contributed by atoms with van der Waals surface area (Å²) in [4.78, 5) is 0. The minimum atomic E-state index is -0.426. The first-order valence-corrected chi connectivity index (χ1v) is 7.01. The lowest BCUT2D eigenvalue weighted by atomic mass is 10.3. The number of rotatable bonds is 11. The van der Waals surface area contributed by atoms with E-state index in [9.17, 15) is 5.11 Å². The van der Waals surface area contributed by atoms with Crippen molar-refractivity contribution in [2.45, 2.75) is 32.5 Å². The van der Waals surface area contributed by atoms with Crippen LogP contribution in [0.25, 0.3) is 0 Å². The smallest absolute Gasteiger partial charge is 0.0897 e. The SMILES string of the molecule is CC(C)OCC(O)CNCCSCCCO. The highest BCUT2D eigenvalue weighted by Gasteiger charge is 2.04. The maximum Gasteiger partial charge on any atom is 0.0897 e. The Labute approximate surface area is 103 Å². The molecule has 0 saturated carbocycles. The fourth-order valence-electron chi connectivity index (χ4n) is 1.04. The van der Waals surface area contributed by atoms with E-state index in [1.54, 1.807) is 0 Å². The molecule has 0 aromatic heterocycles. The van der Waals surface area contributed by atoms with E-state index in [4.69, 9.17) is 9.84 Å². The maximum absolute atomic E-state index is 9.51. The fraction of sp³-hybridized carbons (Fsp3) is 1.00. The van der Waals surface area contributed by atoms with E-state index >= 15 is 0 Å². The van der Waals surface area contributed by atoms with Crippen molar-refractivity contribution in [2.24, 2.45) is 0 Å². The Balaban J connectivity index is 3.12. The van der Waals surface area contributed by atoms with E-state index in [0.717, 1.165) is 24.5 Å². The molecule has 0 saturated heterocycles. The molecule has 5 heteroatoms.